The van der Waals surface area contributed by atoms with E-state index in [1.165, 1.54) is 6.07 Å². The van der Waals surface area contributed by atoms with Gasteiger partial charge in [0, 0.05) is 20.8 Å². The van der Waals surface area contributed by atoms with Gasteiger partial charge >= 0.3 is 17.1 Å². The van der Waals surface area contributed by atoms with Crippen LogP contribution in [0.3, 0.4) is 0 Å². The van der Waals surface area contributed by atoms with Gasteiger partial charge < -0.3 is 36.9 Å². The van der Waals surface area contributed by atoms with E-state index in [9.17, 15) is 4.79 Å². The number of rotatable bonds is 9. The second-order valence-electron chi connectivity index (χ2n) is 3.69. The van der Waals surface area contributed by atoms with Crippen LogP contribution in [-0.2, 0) is 26.5 Å². The molecule has 0 atom stereocenters. The molecule has 0 aliphatic rings. The van der Waals surface area contributed by atoms with Crippen molar-refractivity contribution in [3.8, 4) is 5.75 Å². The molecule has 1 aromatic rings. The molecular weight excluding hydrogens is 317 g/mol. The van der Waals surface area contributed by atoms with Gasteiger partial charge in [-0.15, -0.1) is 12.1 Å². The number of carboxylic acids is 1. The van der Waals surface area contributed by atoms with E-state index in [2.05, 4.69) is 11.4 Å². The van der Waals surface area contributed by atoms with Crippen LogP contribution in [0.25, 0.3) is 0 Å². The van der Waals surface area contributed by atoms with Crippen molar-refractivity contribution in [2.75, 3.05) is 45.9 Å². The number of carboxylic acid groups (broad SMARTS) is 1. The van der Waals surface area contributed by atoms with Gasteiger partial charge in [0.05, 0.1) is 19.0 Å². The number of nitrogens with one attached hydrogen (secondary N) is 1. The zero-order valence-corrected chi connectivity index (χ0v) is 13.6. The Morgan fingerprint density at radius 3 is 2.52 bits per heavy atom. The van der Waals surface area contributed by atoms with Crippen LogP contribution in [0.1, 0.15) is 10.4 Å². The van der Waals surface area contributed by atoms with E-state index in [1.54, 1.807) is 20.3 Å². The summed E-state index contributed by atoms with van der Waals surface area (Å²) in [5.41, 5.74) is 0.739. The van der Waals surface area contributed by atoms with Crippen molar-refractivity contribution in [1.82, 2.24) is 0 Å². The van der Waals surface area contributed by atoms with Crippen molar-refractivity contribution < 1.29 is 41.2 Å². The average Bonchev–Trinajstić information content (AvgIpc) is 2.40. The van der Waals surface area contributed by atoms with Crippen LogP contribution in [-0.4, -0.2) is 51.7 Å². The van der Waals surface area contributed by atoms with Crippen LogP contribution in [0.15, 0.2) is 12.1 Å². The van der Waals surface area contributed by atoms with Gasteiger partial charge in [-0.2, -0.15) is 0 Å². The first kappa shape index (κ1) is 22.0. The number of hydrogen-bond acceptors (Lipinski definition) is 5. The van der Waals surface area contributed by atoms with Crippen LogP contribution in [0.5, 0.6) is 5.75 Å². The van der Waals surface area contributed by atoms with E-state index in [0.29, 0.717) is 37.8 Å². The molecule has 0 fully saturated rings. The Balaban J connectivity index is 0. The molecule has 0 amide bonds. The minimum absolute atomic E-state index is 0. The molecule has 119 valence electrons. The maximum atomic E-state index is 10.9. The van der Waals surface area contributed by atoms with E-state index in [-0.39, 0.29) is 30.1 Å². The monoisotopic (exact) mass is 338 g/mol. The van der Waals surface area contributed by atoms with E-state index >= 15 is 0 Å². The summed E-state index contributed by atoms with van der Waals surface area (Å²) >= 11 is 0. The zero-order valence-electron chi connectivity index (χ0n) is 12.4. The van der Waals surface area contributed by atoms with E-state index in [0.717, 1.165) is 0 Å². The molecule has 2 N–H and O–H groups in total. The molecule has 0 aromatic heterocycles. The Morgan fingerprint density at radius 2 is 1.95 bits per heavy atom. The molecule has 1 aromatic carbocycles. The third kappa shape index (κ3) is 7.92. The Hall–Kier alpha value is -1.27. The number of benzene rings is 1. The first-order valence-corrected chi connectivity index (χ1v) is 5.82. The summed E-state index contributed by atoms with van der Waals surface area (Å²) in [6.45, 7) is 1.91. The molecule has 0 saturated heterocycles. The Labute approximate surface area is 136 Å². The van der Waals surface area contributed by atoms with Crippen molar-refractivity contribution in [2.24, 2.45) is 0 Å². The van der Waals surface area contributed by atoms with Crippen LogP contribution in [0.2, 0.25) is 0 Å². The van der Waals surface area contributed by atoms with Crippen LogP contribution in [0.4, 0.5) is 5.69 Å². The number of ether oxygens (including phenoxy) is 3. The molecule has 0 unspecified atom stereocenters. The second-order valence-corrected chi connectivity index (χ2v) is 3.69. The molecule has 0 aliphatic heterocycles. The number of hydrogen-bond donors (Lipinski definition) is 2. The minimum atomic E-state index is -1.04. The van der Waals surface area contributed by atoms with Gasteiger partial charge in [0.1, 0.15) is 6.61 Å². The molecule has 0 aliphatic carbocycles. The Kier molecular flexibility index (Phi) is 13.1. The maximum absolute atomic E-state index is 10.9. The quantitative estimate of drug-likeness (QED) is 0.406. The van der Waals surface area contributed by atoms with Gasteiger partial charge in [0.2, 0.25) is 5.97 Å². The Bertz CT molecular complexity index is 414. The normalized spacial score (nSPS) is 9.24. The van der Waals surface area contributed by atoms with E-state index in [1.807, 2.05) is 0 Å². The van der Waals surface area contributed by atoms with Crippen molar-refractivity contribution in [1.29, 1.82) is 0 Å². The summed E-state index contributed by atoms with van der Waals surface area (Å²) < 4.78 is 15.3. The molecule has 1 radical (unpaired) electrons. The molecule has 0 bridgehead atoms. The summed E-state index contributed by atoms with van der Waals surface area (Å²) in [4.78, 5) is 10.9. The van der Waals surface area contributed by atoms with E-state index < -0.39 is 5.97 Å². The van der Waals surface area contributed by atoms with Crippen LogP contribution in [0, 0.1) is 13.5 Å². The summed E-state index contributed by atoms with van der Waals surface area (Å²) in [5.74, 6) is -0.579. The average molecular weight is 338 g/mol. The number of anilines is 1. The predicted octanol–water partition coefficient (Wildman–Crippen LogP) is 1.72. The third-order valence-corrected chi connectivity index (χ3v) is 2.31. The standard InChI is InChI=1S/C13H18NO5.CH3.Mn/c1-17-6-5-14-11-4-3-10(13(15)16)9-12(11)19-8-7-18-2;;/h4,9,14H,5-8H2,1-2H3,(H,15,16);1H3;/q2*-1;+2. The van der Waals surface area contributed by atoms with Gasteiger partial charge in [0.25, 0.3) is 0 Å². The fourth-order valence-electron chi connectivity index (χ4n) is 1.38. The predicted molar refractivity (Wildman–Crippen MR) is 76.4 cm³/mol. The summed E-state index contributed by atoms with van der Waals surface area (Å²) in [7, 11) is 3.18. The minimum Gasteiger partial charge on any atom is -0.521 e. The van der Waals surface area contributed by atoms with Crippen molar-refractivity contribution >= 4 is 11.7 Å². The first-order valence-electron chi connectivity index (χ1n) is 5.82. The molecule has 1 rings (SSSR count). The maximum Gasteiger partial charge on any atom is 2.00 e. The first-order chi connectivity index (χ1) is 9.19. The number of aromatic carboxylic acids is 1. The van der Waals surface area contributed by atoms with Gasteiger partial charge in [-0.3, -0.25) is 0 Å². The molecule has 6 nitrogen and oxygen atoms in total. The van der Waals surface area contributed by atoms with Gasteiger partial charge in [0.15, 0.2) is 0 Å². The number of methoxy groups -OCH3 is 2. The van der Waals surface area contributed by atoms with Crippen molar-refractivity contribution in [3.05, 3.63) is 31.2 Å². The van der Waals surface area contributed by atoms with E-state index in [4.69, 9.17) is 19.3 Å². The van der Waals surface area contributed by atoms with Crippen molar-refractivity contribution in [2.45, 2.75) is 0 Å². The largest absolute Gasteiger partial charge is 2.00 e. The summed E-state index contributed by atoms with van der Waals surface area (Å²) in [5, 5.41) is 12.0. The molecular formula is C14H21MnNO5. The molecule has 0 saturated carbocycles. The number of carbonyl (C=O) groups is 1. The smallest absolute Gasteiger partial charge is 0.521 e. The molecule has 0 spiro atoms. The SMILES string of the molecule is COCCNc1c[c-]c(C(=O)O)cc1OCCOC.[CH3-].[Mn+2]. The van der Waals surface area contributed by atoms with Gasteiger partial charge in [-0.25, -0.2) is 0 Å². The fourth-order valence-corrected chi connectivity index (χ4v) is 1.38. The molecule has 7 heteroatoms. The van der Waals surface area contributed by atoms with Gasteiger partial charge in [-0.05, 0) is 5.69 Å². The fraction of sp³-hybridized carbons (Fsp3) is 0.429. The Morgan fingerprint density at radius 1 is 1.29 bits per heavy atom. The molecule has 21 heavy (non-hydrogen) atoms. The summed E-state index contributed by atoms with van der Waals surface area (Å²) in [6.07, 6.45) is 0. The topological polar surface area (TPSA) is 77.0 Å². The van der Waals surface area contributed by atoms with Gasteiger partial charge in [-0.1, -0.05) is 11.6 Å². The summed E-state index contributed by atoms with van der Waals surface area (Å²) in [6, 6.07) is 5.67. The van der Waals surface area contributed by atoms with Crippen LogP contribution < -0.4 is 10.1 Å². The second kappa shape index (κ2) is 12.5. The zero-order chi connectivity index (χ0) is 14.1. The van der Waals surface area contributed by atoms with Crippen molar-refractivity contribution in [3.63, 3.8) is 0 Å². The van der Waals surface area contributed by atoms with Crippen LogP contribution >= 0.6 is 0 Å². The third-order valence-electron chi connectivity index (χ3n) is 2.31. The molecule has 0 heterocycles.